The minimum absolute atomic E-state index is 0.0838. The fourth-order valence-corrected chi connectivity index (χ4v) is 1.53. The Morgan fingerprint density at radius 3 is 2.46 bits per heavy atom. The first-order valence-electron chi connectivity index (χ1n) is 4.67. The predicted octanol–water partition coefficient (Wildman–Crippen LogP) is 3.86. The number of hydrogen-bond donors (Lipinski definition) is 1. The number of halogens is 1. The van der Waals surface area contributed by atoms with Crippen molar-refractivity contribution >= 4 is 11.6 Å². The molecular weight excluding hydrogens is 184 g/mol. The molecule has 1 unspecified atom stereocenters. The van der Waals surface area contributed by atoms with Gasteiger partial charge in [-0.3, -0.25) is 0 Å². The quantitative estimate of drug-likeness (QED) is 0.729. The van der Waals surface area contributed by atoms with Gasteiger partial charge in [-0.05, 0) is 24.1 Å². The van der Waals surface area contributed by atoms with E-state index in [0.717, 1.165) is 18.4 Å². The molecule has 0 amide bonds. The molecule has 72 valence electrons. The Kier molecular flexibility index (Phi) is 4.10. The summed E-state index contributed by atoms with van der Waals surface area (Å²) in [5.74, 6) is 0.295. The van der Waals surface area contributed by atoms with Gasteiger partial charge in [0, 0.05) is 0 Å². The van der Waals surface area contributed by atoms with Crippen LogP contribution in [0.2, 0.25) is 0 Å². The van der Waals surface area contributed by atoms with Gasteiger partial charge in [-0.15, -0.1) is 11.6 Å². The van der Waals surface area contributed by atoms with Gasteiger partial charge >= 0.3 is 0 Å². The number of benzene rings is 1. The van der Waals surface area contributed by atoms with Crippen LogP contribution in [0.1, 0.15) is 37.1 Å². The summed E-state index contributed by atoms with van der Waals surface area (Å²) in [5, 5.41) is 9.16. The molecule has 0 saturated heterocycles. The SMILES string of the molecule is CCCCC(Cl)c1ccc(O)cc1. The lowest BCUT2D eigenvalue weighted by Gasteiger charge is -2.08. The summed E-state index contributed by atoms with van der Waals surface area (Å²) in [6.07, 6.45) is 3.32. The van der Waals surface area contributed by atoms with Crippen molar-refractivity contribution in [3.05, 3.63) is 29.8 Å². The summed E-state index contributed by atoms with van der Waals surface area (Å²) in [6, 6.07) is 7.11. The molecule has 1 aromatic carbocycles. The lowest BCUT2D eigenvalue weighted by molar-refractivity contribution is 0.475. The van der Waals surface area contributed by atoms with Crippen LogP contribution in [0.15, 0.2) is 24.3 Å². The maximum absolute atomic E-state index is 9.07. The third-order valence-electron chi connectivity index (χ3n) is 2.07. The van der Waals surface area contributed by atoms with Crippen molar-refractivity contribution in [3.8, 4) is 5.75 Å². The molecular formula is C11H15ClO. The summed E-state index contributed by atoms with van der Waals surface area (Å²) >= 11 is 6.16. The molecule has 1 rings (SSSR count). The van der Waals surface area contributed by atoms with Crippen LogP contribution in [-0.4, -0.2) is 5.11 Å². The Bertz CT molecular complexity index is 243. The Labute approximate surface area is 84.4 Å². The van der Waals surface area contributed by atoms with Crippen molar-refractivity contribution in [2.75, 3.05) is 0 Å². The smallest absolute Gasteiger partial charge is 0.115 e. The van der Waals surface area contributed by atoms with Crippen molar-refractivity contribution in [2.24, 2.45) is 0 Å². The molecule has 0 aliphatic heterocycles. The Morgan fingerprint density at radius 1 is 1.31 bits per heavy atom. The third-order valence-corrected chi connectivity index (χ3v) is 2.54. The Balaban J connectivity index is 2.55. The van der Waals surface area contributed by atoms with E-state index in [1.54, 1.807) is 12.1 Å². The fraction of sp³-hybridized carbons (Fsp3) is 0.455. The van der Waals surface area contributed by atoms with Gasteiger partial charge in [-0.1, -0.05) is 31.9 Å². The third kappa shape index (κ3) is 3.27. The van der Waals surface area contributed by atoms with E-state index in [-0.39, 0.29) is 5.38 Å². The number of phenolic OH excluding ortho intramolecular Hbond substituents is 1. The summed E-state index contributed by atoms with van der Waals surface area (Å²) < 4.78 is 0. The van der Waals surface area contributed by atoms with Gasteiger partial charge in [-0.2, -0.15) is 0 Å². The average molecular weight is 199 g/mol. The molecule has 0 saturated carbocycles. The first kappa shape index (κ1) is 10.4. The highest BCUT2D eigenvalue weighted by molar-refractivity contribution is 6.20. The molecule has 0 radical (unpaired) electrons. The molecule has 0 heterocycles. The van der Waals surface area contributed by atoms with Gasteiger partial charge in [0.15, 0.2) is 0 Å². The lowest BCUT2D eigenvalue weighted by Crippen LogP contribution is -1.89. The van der Waals surface area contributed by atoms with Crippen molar-refractivity contribution in [3.63, 3.8) is 0 Å². The molecule has 0 aliphatic rings. The van der Waals surface area contributed by atoms with Gasteiger partial charge in [0.1, 0.15) is 5.75 Å². The van der Waals surface area contributed by atoms with E-state index in [1.807, 2.05) is 12.1 Å². The molecule has 0 aliphatic carbocycles. The minimum Gasteiger partial charge on any atom is -0.508 e. The monoisotopic (exact) mass is 198 g/mol. The molecule has 2 heteroatoms. The van der Waals surface area contributed by atoms with Crippen LogP contribution in [0.25, 0.3) is 0 Å². The zero-order valence-electron chi connectivity index (χ0n) is 7.83. The Hall–Kier alpha value is -0.690. The number of unbranched alkanes of at least 4 members (excludes halogenated alkanes) is 1. The second-order valence-electron chi connectivity index (χ2n) is 3.20. The average Bonchev–Trinajstić information content (AvgIpc) is 2.15. The molecule has 1 nitrogen and oxygen atoms in total. The molecule has 0 aromatic heterocycles. The van der Waals surface area contributed by atoms with Crippen LogP contribution in [-0.2, 0) is 0 Å². The van der Waals surface area contributed by atoms with E-state index in [0.29, 0.717) is 5.75 Å². The molecule has 1 aromatic rings. The number of aromatic hydroxyl groups is 1. The topological polar surface area (TPSA) is 20.2 Å². The summed E-state index contributed by atoms with van der Waals surface area (Å²) in [5.41, 5.74) is 1.09. The summed E-state index contributed by atoms with van der Waals surface area (Å²) in [7, 11) is 0. The number of phenols is 1. The lowest BCUT2D eigenvalue weighted by atomic mass is 10.1. The van der Waals surface area contributed by atoms with Crippen LogP contribution in [0.4, 0.5) is 0 Å². The molecule has 0 bridgehead atoms. The van der Waals surface area contributed by atoms with Crippen molar-refractivity contribution < 1.29 is 5.11 Å². The van der Waals surface area contributed by atoms with E-state index in [4.69, 9.17) is 16.7 Å². The standard InChI is InChI=1S/C11H15ClO/c1-2-3-4-11(12)9-5-7-10(13)8-6-9/h5-8,11,13H,2-4H2,1H3. The van der Waals surface area contributed by atoms with Gasteiger partial charge in [0.25, 0.3) is 0 Å². The fourth-order valence-electron chi connectivity index (χ4n) is 1.23. The molecule has 0 fully saturated rings. The zero-order valence-corrected chi connectivity index (χ0v) is 8.59. The molecule has 0 spiro atoms. The highest BCUT2D eigenvalue weighted by Gasteiger charge is 2.06. The van der Waals surface area contributed by atoms with Crippen LogP contribution < -0.4 is 0 Å². The maximum atomic E-state index is 9.07. The largest absolute Gasteiger partial charge is 0.508 e. The normalized spacial score (nSPS) is 12.8. The number of alkyl halides is 1. The van der Waals surface area contributed by atoms with Crippen molar-refractivity contribution in [1.29, 1.82) is 0 Å². The first-order chi connectivity index (χ1) is 6.24. The molecule has 13 heavy (non-hydrogen) atoms. The Morgan fingerprint density at radius 2 is 1.92 bits per heavy atom. The van der Waals surface area contributed by atoms with E-state index < -0.39 is 0 Å². The number of rotatable bonds is 4. The predicted molar refractivity (Wildman–Crippen MR) is 56.2 cm³/mol. The summed E-state index contributed by atoms with van der Waals surface area (Å²) in [6.45, 7) is 2.15. The van der Waals surface area contributed by atoms with E-state index in [2.05, 4.69) is 6.92 Å². The highest BCUT2D eigenvalue weighted by atomic mass is 35.5. The molecule has 1 atom stereocenters. The van der Waals surface area contributed by atoms with Crippen LogP contribution in [0.5, 0.6) is 5.75 Å². The van der Waals surface area contributed by atoms with E-state index in [1.165, 1.54) is 6.42 Å². The maximum Gasteiger partial charge on any atom is 0.115 e. The second kappa shape index (κ2) is 5.13. The van der Waals surface area contributed by atoms with Crippen molar-refractivity contribution in [2.45, 2.75) is 31.6 Å². The second-order valence-corrected chi connectivity index (χ2v) is 3.73. The van der Waals surface area contributed by atoms with E-state index in [9.17, 15) is 0 Å². The summed E-state index contributed by atoms with van der Waals surface area (Å²) in [4.78, 5) is 0. The first-order valence-corrected chi connectivity index (χ1v) is 5.10. The van der Waals surface area contributed by atoms with Gasteiger partial charge < -0.3 is 5.11 Å². The highest BCUT2D eigenvalue weighted by Crippen LogP contribution is 2.27. The van der Waals surface area contributed by atoms with Crippen LogP contribution in [0, 0.1) is 0 Å². The number of hydrogen-bond acceptors (Lipinski definition) is 1. The van der Waals surface area contributed by atoms with Gasteiger partial charge in [0.2, 0.25) is 0 Å². The van der Waals surface area contributed by atoms with Crippen LogP contribution >= 0.6 is 11.6 Å². The van der Waals surface area contributed by atoms with Crippen LogP contribution in [0.3, 0.4) is 0 Å². The van der Waals surface area contributed by atoms with Gasteiger partial charge in [-0.25, -0.2) is 0 Å². The van der Waals surface area contributed by atoms with Gasteiger partial charge in [0.05, 0.1) is 5.38 Å². The zero-order chi connectivity index (χ0) is 9.68. The molecule has 1 N–H and O–H groups in total. The minimum atomic E-state index is 0.0838. The van der Waals surface area contributed by atoms with Crippen molar-refractivity contribution in [1.82, 2.24) is 0 Å². The van der Waals surface area contributed by atoms with E-state index >= 15 is 0 Å².